The minimum atomic E-state index is 0.491. The van der Waals surface area contributed by atoms with E-state index in [0.29, 0.717) is 17.3 Å². The van der Waals surface area contributed by atoms with Crippen LogP contribution in [0.25, 0.3) is 4.48 Å². The molecule has 0 aliphatic heterocycles. The topological polar surface area (TPSA) is 73.6 Å². The zero-order valence-electron chi connectivity index (χ0n) is 13.7. The highest BCUT2D eigenvalue weighted by atomic mass is 79.9. The van der Waals surface area contributed by atoms with Gasteiger partial charge < -0.3 is 10.6 Å². The van der Waals surface area contributed by atoms with Crippen molar-refractivity contribution in [2.45, 2.75) is 6.42 Å². The molecule has 0 atom stereocenters. The maximum atomic E-state index is 8.86. The summed E-state index contributed by atoms with van der Waals surface area (Å²) in [6, 6.07) is 17.4. The van der Waals surface area contributed by atoms with Crippen LogP contribution < -0.4 is 10.6 Å². The summed E-state index contributed by atoms with van der Waals surface area (Å²) in [5, 5.41) is 15.3. The van der Waals surface area contributed by atoms with Crippen LogP contribution in [0.1, 0.15) is 16.7 Å². The minimum Gasteiger partial charge on any atom is -0.340 e. The summed E-state index contributed by atoms with van der Waals surface area (Å²) >= 11 is 3.57. The predicted molar refractivity (Wildman–Crippen MR) is 107 cm³/mol. The SMILES string of the molecule is N#Cc1ccc(Nc2nccc(Nc3ccc4c(c3)CC=C4Br)n2)cc1. The lowest BCUT2D eigenvalue weighted by Crippen LogP contribution is -2.00. The number of nitrogens with zero attached hydrogens (tertiary/aromatic N) is 3. The van der Waals surface area contributed by atoms with Gasteiger partial charge in [0.2, 0.25) is 5.95 Å². The Labute approximate surface area is 159 Å². The van der Waals surface area contributed by atoms with Gasteiger partial charge in [0.25, 0.3) is 0 Å². The van der Waals surface area contributed by atoms with Crippen LogP contribution >= 0.6 is 15.9 Å². The molecule has 1 aliphatic carbocycles. The van der Waals surface area contributed by atoms with Crippen molar-refractivity contribution >= 4 is 43.6 Å². The predicted octanol–water partition coefficient (Wildman–Crippen LogP) is 5.13. The third-order valence-electron chi connectivity index (χ3n) is 4.06. The summed E-state index contributed by atoms with van der Waals surface area (Å²) in [5.74, 6) is 1.20. The van der Waals surface area contributed by atoms with Crippen LogP contribution in [0.5, 0.6) is 0 Å². The van der Waals surface area contributed by atoms with Gasteiger partial charge in [-0.2, -0.15) is 10.2 Å². The van der Waals surface area contributed by atoms with Gasteiger partial charge in [-0.25, -0.2) is 4.98 Å². The van der Waals surface area contributed by atoms with Crippen molar-refractivity contribution in [1.82, 2.24) is 9.97 Å². The lowest BCUT2D eigenvalue weighted by atomic mass is 10.1. The number of benzene rings is 2. The normalized spacial score (nSPS) is 12.1. The number of aromatic nitrogens is 2. The Morgan fingerprint density at radius 2 is 1.81 bits per heavy atom. The van der Waals surface area contributed by atoms with Crippen molar-refractivity contribution in [3.8, 4) is 6.07 Å². The molecule has 0 fully saturated rings. The number of anilines is 4. The van der Waals surface area contributed by atoms with E-state index in [-0.39, 0.29) is 0 Å². The fourth-order valence-corrected chi connectivity index (χ4v) is 3.33. The van der Waals surface area contributed by atoms with E-state index in [4.69, 9.17) is 5.26 Å². The Hall–Kier alpha value is -3.17. The molecular weight excluding hydrogens is 390 g/mol. The lowest BCUT2D eigenvalue weighted by Gasteiger charge is -2.10. The molecule has 3 aromatic rings. The molecule has 0 saturated carbocycles. The van der Waals surface area contributed by atoms with E-state index < -0.39 is 0 Å². The molecule has 1 aromatic heterocycles. The van der Waals surface area contributed by atoms with Crippen LogP contribution in [0.2, 0.25) is 0 Å². The molecule has 0 radical (unpaired) electrons. The highest BCUT2D eigenvalue weighted by Gasteiger charge is 2.12. The second-order valence-electron chi connectivity index (χ2n) is 5.83. The van der Waals surface area contributed by atoms with Crippen LogP contribution in [-0.4, -0.2) is 9.97 Å². The number of rotatable bonds is 4. The molecule has 0 bridgehead atoms. The minimum absolute atomic E-state index is 0.491. The monoisotopic (exact) mass is 403 g/mol. The number of nitrogens with one attached hydrogen (secondary N) is 2. The summed E-state index contributed by atoms with van der Waals surface area (Å²) < 4.78 is 1.15. The Bertz CT molecular complexity index is 1030. The van der Waals surface area contributed by atoms with Crippen LogP contribution in [0.15, 0.2) is 60.8 Å². The van der Waals surface area contributed by atoms with Crippen LogP contribution in [0.3, 0.4) is 0 Å². The van der Waals surface area contributed by atoms with Gasteiger partial charge >= 0.3 is 0 Å². The largest absolute Gasteiger partial charge is 0.340 e. The summed E-state index contributed by atoms with van der Waals surface area (Å²) in [4.78, 5) is 8.74. The van der Waals surface area contributed by atoms with E-state index >= 15 is 0 Å². The van der Waals surface area contributed by atoms with Crippen molar-refractivity contribution in [1.29, 1.82) is 5.26 Å². The number of hydrogen-bond donors (Lipinski definition) is 2. The Morgan fingerprint density at radius 1 is 1.00 bits per heavy atom. The lowest BCUT2D eigenvalue weighted by molar-refractivity contribution is 1.16. The quantitative estimate of drug-likeness (QED) is 0.631. The maximum absolute atomic E-state index is 8.86. The average Bonchev–Trinajstić information content (AvgIpc) is 3.03. The first kappa shape index (κ1) is 16.3. The molecule has 6 heteroatoms. The molecule has 0 unspecified atom stereocenters. The molecule has 2 N–H and O–H groups in total. The molecule has 0 amide bonds. The van der Waals surface area contributed by atoms with E-state index in [0.717, 1.165) is 22.3 Å². The molecule has 1 aliphatic rings. The fraction of sp³-hybridized carbons (Fsp3) is 0.0500. The number of fused-ring (bicyclic) bond motifs is 1. The smallest absolute Gasteiger partial charge is 0.229 e. The number of halogens is 1. The van der Waals surface area contributed by atoms with Crippen molar-refractivity contribution < 1.29 is 0 Å². The second kappa shape index (κ2) is 6.98. The molecule has 126 valence electrons. The highest BCUT2D eigenvalue weighted by molar-refractivity contribution is 9.15. The Kier molecular flexibility index (Phi) is 4.38. The van der Waals surface area contributed by atoms with E-state index in [2.05, 4.69) is 60.8 Å². The number of allylic oxidation sites excluding steroid dienone is 1. The van der Waals surface area contributed by atoms with Gasteiger partial charge in [0.1, 0.15) is 5.82 Å². The van der Waals surface area contributed by atoms with Gasteiger partial charge in [0.05, 0.1) is 11.6 Å². The summed E-state index contributed by atoms with van der Waals surface area (Å²) in [5.41, 5.74) is 4.95. The first-order chi connectivity index (χ1) is 12.7. The van der Waals surface area contributed by atoms with E-state index in [1.54, 1.807) is 18.3 Å². The van der Waals surface area contributed by atoms with Crippen molar-refractivity contribution in [2.24, 2.45) is 0 Å². The van der Waals surface area contributed by atoms with Crippen molar-refractivity contribution in [3.05, 3.63) is 77.5 Å². The summed E-state index contributed by atoms with van der Waals surface area (Å²) in [6.07, 6.45) is 4.80. The molecule has 1 heterocycles. The van der Waals surface area contributed by atoms with Crippen molar-refractivity contribution in [2.75, 3.05) is 10.6 Å². The number of hydrogen-bond acceptors (Lipinski definition) is 5. The van der Waals surface area contributed by atoms with Gasteiger partial charge in [-0.15, -0.1) is 0 Å². The summed E-state index contributed by atoms with van der Waals surface area (Å²) in [7, 11) is 0. The third kappa shape index (κ3) is 3.44. The molecule has 0 spiro atoms. The van der Waals surface area contributed by atoms with E-state index in [1.807, 2.05) is 24.3 Å². The second-order valence-corrected chi connectivity index (χ2v) is 6.69. The third-order valence-corrected chi connectivity index (χ3v) is 4.81. The van der Waals surface area contributed by atoms with Gasteiger partial charge in [0, 0.05) is 22.1 Å². The first-order valence-electron chi connectivity index (χ1n) is 8.07. The molecule has 4 rings (SSSR count). The molecule has 5 nitrogen and oxygen atoms in total. The fourth-order valence-electron chi connectivity index (χ4n) is 2.78. The Morgan fingerprint density at radius 3 is 2.62 bits per heavy atom. The van der Waals surface area contributed by atoms with Gasteiger partial charge in [-0.1, -0.05) is 28.1 Å². The zero-order chi connectivity index (χ0) is 17.9. The van der Waals surface area contributed by atoms with Gasteiger partial charge in [0.15, 0.2) is 0 Å². The van der Waals surface area contributed by atoms with Gasteiger partial charge in [-0.05, 0) is 60.0 Å². The van der Waals surface area contributed by atoms with E-state index in [1.165, 1.54) is 11.1 Å². The average molecular weight is 404 g/mol. The standard InChI is InChI=1S/C20H14BrN5/c21-18-8-3-14-11-16(6-7-17(14)18)24-19-9-10-23-20(26-19)25-15-4-1-13(12-22)2-5-15/h1-2,4-11H,3H2,(H2,23,24,25,26). The van der Waals surface area contributed by atoms with E-state index in [9.17, 15) is 0 Å². The molecule has 2 aromatic carbocycles. The zero-order valence-corrected chi connectivity index (χ0v) is 15.3. The van der Waals surface area contributed by atoms with Crippen molar-refractivity contribution in [3.63, 3.8) is 0 Å². The first-order valence-corrected chi connectivity index (χ1v) is 8.87. The van der Waals surface area contributed by atoms with Crippen LogP contribution in [0.4, 0.5) is 23.1 Å². The maximum Gasteiger partial charge on any atom is 0.229 e. The number of nitriles is 1. The highest BCUT2D eigenvalue weighted by Crippen LogP contribution is 2.33. The molecular formula is C20H14BrN5. The Balaban J connectivity index is 1.50. The summed E-state index contributed by atoms with van der Waals surface area (Å²) in [6.45, 7) is 0. The molecule has 26 heavy (non-hydrogen) atoms. The van der Waals surface area contributed by atoms with Gasteiger partial charge in [-0.3, -0.25) is 0 Å². The van der Waals surface area contributed by atoms with Crippen LogP contribution in [0, 0.1) is 11.3 Å². The molecule has 0 saturated heterocycles. The van der Waals surface area contributed by atoms with Crippen LogP contribution in [-0.2, 0) is 6.42 Å².